The minimum Gasteiger partial charge on any atom is -0.497 e. The number of nitrogens with zero attached hydrogens (tertiary/aromatic N) is 5. The van der Waals surface area contributed by atoms with E-state index in [0.29, 0.717) is 12.2 Å². The first-order valence-corrected chi connectivity index (χ1v) is 13.4. The molecule has 2 aliphatic heterocycles. The molecule has 1 fully saturated rings. The van der Waals surface area contributed by atoms with Gasteiger partial charge in [-0.3, -0.25) is 9.80 Å². The summed E-state index contributed by atoms with van der Waals surface area (Å²) in [7, 11) is 3.82. The van der Waals surface area contributed by atoms with Crippen LogP contribution >= 0.6 is 0 Å². The predicted molar refractivity (Wildman–Crippen MR) is 155 cm³/mol. The van der Waals surface area contributed by atoms with E-state index < -0.39 is 0 Å². The number of anilines is 1. The lowest BCUT2D eigenvalue weighted by molar-refractivity contribution is 0.146. The summed E-state index contributed by atoms with van der Waals surface area (Å²) in [6, 6.07) is 22.8. The van der Waals surface area contributed by atoms with Gasteiger partial charge in [0.15, 0.2) is 0 Å². The fourth-order valence-corrected chi connectivity index (χ4v) is 5.94. The van der Waals surface area contributed by atoms with E-state index in [2.05, 4.69) is 98.8 Å². The Bertz CT molecular complexity index is 1570. The van der Waals surface area contributed by atoms with Crippen molar-refractivity contribution in [1.29, 1.82) is 0 Å². The van der Waals surface area contributed by atoms with Crippen molar-refractivity contribution >= 4 is 28.1 Å². The SMILES string of the molecule is COc1ccc(Cn2cncc2N2C(=C=O)C(N3CCN(C)CC3)C(c3cccc4ccccc34)=C2C)cc1. The lowest BCUT2D eigenvalue weighted by atomic mass is 9.92. The molecule has 0 spiro atoms. The maximum absolute atomic E-state index is 12.8. The first kappa shape index (κ1) is 25.1. The molecule has 0 aliphatic carbocycles. The largest absolute Gasteiger partial charge is 0.497 e. The van der Waals surface area contributed by atoms with Crippen LogP contribution in [0.2, 0.25) is 0 Å². The third-order valence-electron chi connectivity index (χ3n) is 8.02. The van der Waals surface area contributed by atoms with Gasteiger partial charge in [-0.2, -0.15) is 0 Å². The second-order valence-electron chi connectivity index (χ2n) is 10.3. The van der Waals surface area contributed by atoms with E-state index >= 15 is 0 Å². The smallest absolute Gasteiger partial charge is 0.148 e. The van der Waals surface area contributed by atoms with E-state index in [1.54, 1.807) is 7.11 Å². The topological polar surface area (TPSA) is 53.8 Å². The van der Waals surface area contributed by atoms with Crippen LogP contribution in [0.3, 0.4) is 0 Å². The molecule has 6 rings (SSSR count). The number of rotatable bonds is 6. The monoisotopic (exact) mass is 519 g/mol. The molecule has 2 aliphatic rings. The molecule has 1 aromatic heterocycles. The summed E-state index contributed by atoms with van der Waals surface area (Å²) in [5, 5.41) is 2.37. The summed E-state index contributed by atoms with van der Waals surface area (Å²) < 4.78 is 7.42. The molecule has 1 atom stereocenters. The first-order valence-electron chi connectivity index (χ1n) is 13.4. The van der Waals surface area contributed by atoms with Gasteiger partial charge in [-0.05, 0) is 48.0 Å². The fourth-order valence-electron chi connectivity index (χ4n) is 5.94. The number of hydrogen-bond acceptors (Lipinski definition) is 6. The summed E-state index contributed by atoms with van der Waals surface area (Å²) in [5.74, 6) is 4.06. The van der Waals surface area contributed by atoms with E-state index in [0.717, 1.165) is 60.1 Å². The second-order valence-corrected chi connectivity index (χ2v) is 10.3. The maximum atomic E-state index is 12.8. The molecule has 198 valence electrons. The normalized spacial score (nSPS) is 18.7. The third-order valence-corrected chi connectivity index (χ3v) is 8.02. The van der Waals surface area contributed by atoms with E-state index in [1.165, 1.54) is 10.8 Å². The summed E-state index contributed by atoms with van der Waals surface area (Å²) in [4.78, 5) is 24.2. The average molecular weight is 520 g/mol. The lowest BCUT2D eigenvalue weighted by Gasteiger charge is -2.37. The molecule has 7 nitrogen and oxygen atoms in total. The number of likely N-dealkylation sites (N-methyl/N-ethyl adjacent to an activating group) is 1. The third kappa shape index (κ3) is 4.55. The molecule has 39 heavy (non-hydrogen) atoms. The molecule has 0 amide bonds. The Morgan fingerprint density at radius 3 is 2.46 bits per heavy atom. The number of benzene rings is 3. The second kappa shape index (κ2) is 10.5. The molecule has 0 N–H and O–H groups in total. The van der Waals surface area contributed by atoms with Gasteiger partial charge in [0.1, 0.15) is 23.2 Å². The lowest BCUT2D eigenvalue weighted by Crippen LogP contribution is -2.50. The number of piperazine rings is 1. The van der Waals surface area contributed by atoms with Crippen molar-refractivity contribution in [1.82, 2.24) is 19.4 Å². The minimum atomic E-state index is -0.189. The van der Waals surface area contributed by atoms with Gasteiger partial charge >= 0.3 is 0 Å². The summed E-state index contributed by atoms with van der Waals surface area (Å²) >= 11 is 0. The van der Waals surface area contributed by atoms with Crippen molar-refractivity contribution in [3.8, 4) is 5.75 Å². The Kier molecular flexibility index (Phi) is 6.79. The van der Waals surface area contributed by atoms with Crippen molar-refractivity contribution in [2.75, 3.05) is 45.2 Å². The molecule has 1 saturated heterocycles. The Balaban J connectivity index is 1.48. The van der Waals surface area contributed by atoms with Gasteiger partial charge in [0, 0.05) is 37.4 Å². The molecule has 0 saturated carbocycles. The van der Waals surface area contributed by atoms with Crippen LogP contribution in [-0.4, -0.2) is 71.7 Å². The van der Waals surface area contributed by atoms with Crippen LogP contribution in [0.25, 0.3) is 16.3 Å². The molecule has 4 aromatic rings. The number of aromatic nitrogens is 2. The van der Waals surface area contributed by atoms with Gasteiger partial charge in [0.05, 0.1) is 32.2 Å². The van der Waals surface area contributed by atoms with Gasteiger partial charge in [-0.1, -0.05) is 54.6 Å². The van der Waals surface area contributed by atoms with Crippen molar-refractivity contribution in [3.63, 3.8) is 0 Å². The number of fused-ring (bicyclic) bond motifs is 1. The average Bonchev–Trinajstić information content (AvgIpc) is 3.54. The molecular formula is C32H33N5O2. The zero-order chi connectivity index (χ0) is 26.9. The highest BCUT2D eigenvalue weighted by Gasteiger charge is 2.42. The van der Waals surface area contributed by atoms with Crippen molar-refractivity contribution in [3.05, 3.63) is 102 Å². The van der Waals surface area contributed by atoms with Crippen LogP contribution in [-0.2, 0) is 11.3 Å². The zero-order valence-corrected chi connectivity index (χ0v) is 22.7. The molecule has 3 heterocycles. The molecule has 1 unspecified atom stereocenters. The summed E-state index contributed by atoms with van der Waals surface area (Å²) in [6.07, 6.45) is 3.67. The quantitative estimate of drug-likeness (QED) is 0.345. The van der Waals surface area contributed by atoms with Crippen molar-refractivity contribution in [2.24, 2.45) is 0 Å². The van der Waals surface area contributed by atoms with Crippen LogP contribution < -0.4 is 9.64 Å². The summed E-state index contributed by atoms with van der Waals surface area (Å²) in [5.41, 5.74) is 5.09. The van der Waals surface area contributed by atoms with Crippen LogP contribution in [0, 0.1) is 0 Å². The van der Waals surface area contributed by atoms with Crippen LogP contribution in [0.15, 0.2) is 90.6 Å². The maximum Gasteiger partial charge on any atom is 0.148 e. The number of methoxy groups -OCH3 is 1. The Hall–Kier alpha value is -4.16. The van der Waals surface area contributed by atoms with Crippen LogP contribution in [0.4, 0.5) is 5.82 Å². The van der Waals surface area contributed by atoms with E-state index in [1.807, 2.05) is 24.7 Å². The van der Waals surface area contributed by atoms with E-state index in [9.17, 15) is 4.79 Å². The van der Waals surface area contributed by atoms with Gasteiger partial charge in [-0.25, -0.2) is 9.78 Å². The molecular weight excluding hydrogens is 486 g/mol. The molecule has 0 bridgehead atoms. The van der Waals surface area contributed by atoms with Gasteiger partial charge in [-0.15, -0.1) is 0 Å². The highest BCUT2D eigenvalue weighted by molar-refractivity contribution is 6.00. The Morgan fingerprint density at radius 1 is 0.974 bits per heavy atom. The van der Waals surface area contributed by atoms with E-state index in [4.69, 9.17) is 4.74 Å². The van der Waals surface area contributed by atoms with Gasteiger partial charge in [0.25, 0.3) is 0 Å². The summed E-state index contributed by atoms with van der Waals surface area (Å²) in [6.45, 7) is 6.42. The standard InChI is InChI=1S/C32H33N5O2/c1-23-31(28-10-6-8-25-7-4-5-9-27(25)28)32(35-17-15-34(2)16-18-35)29(21-38)37(23)30-19-33-22-36(30)20-24-11-13-26(39-3)14-12-24/h4-14,19,22,32H,15-18,20H2,1-3H3. The van der Waals surface area contributed by atoms with Crippen LogP contribution in [0.1, 0.15) is 18.1 Å². The van der Waals surface area contributed by atoms with Gasteiger partial charge in [0.2, 0.25) is 0 Å². The predicted octanol–water partition coefficient (Wildman–Crippen LogP) is 4.68. The van der Waals surface area contributed by atoms with Crippen molar-refractivity contribution < 1.29 is 9.53 Å². The Labute approximate surface area is 229 Å². The number of imidazole rings is 1. The highest BCUT2D eigenvalue weighted by Crippen LogP contribution is 2.44. The first-order chi connectivity index (χ1) is 19.1. The highest BCUT2D eigenvalue weighted by atomic mass is 16.5. The number of carbonyl (C=O) groups excluding carboxylic acids is 1. The van der Waals surface area contributed by atoms with Crippen LogP contribution in [0.5, 0.6) is 5.75 Å². The Morgan fingerprint density at radius 2 is 1.72 bits per heavy atom. The number of allylic oxidation sites excluding steroid dienone is 1. The zero-order valence-electron chi connectivity index (χ0n) is 22.7. The van der Waals surface area contributed by atoms with E-state index in [-0.39, 0.29) is 6.04 Å². The fraction of sp³-hybridized carbons (Fsp3) is 0.281. The molecule has 7 heteroatoms. The van der Waals surface area contributed by atoms with Gasteiger partial charge < -0.3 is 14.2 Å². The van der Waals surface area contributed by atoms with Crippen molar-refractivity contribution in [2.45, 2.75) is 19.5 Å². The number of hydrogen-bond donors (Lipinski definition) is 0. The minimum absolute atomic E-state index is 0.189. The molecule has 0 radical (unpaired) electrons. The number of ether oxygens (including phenoxy) is 1. The molecule has 3 aromatic carbocycles.